The Balaban J connectivity index is 2.24. The maximum absolute atomic E-state index is 3.78. The fourth-order valence-electron chi connectivity index (χ4n) is 3.17. The fourth-order valence-corrected chi connectivity index (χ4v) is 4.98. The molecule has 0 amide bonds. The van der Waals surface area contributed by atoms with Crippen molar-refractivity contribution in [3.8, 4) is 0 Å². The average molecular weight is 447 g/mol. The van der Waals surface area contributed by atoms with Crippen LogP contribution in [0.5, 0.6) is 0 Å². The summed E-state index contributed by atoms with van der Waals surface area (Å²) in [6, 6.07) is 0. The van der Waals surface area contributed by atoms with E-state index in [-0.39, 0.29) is 2.14 Å². The predicted molar refractivity (Wildman–Crippen MR) is 93.0 cm³/mol. The zero-order chi connectivity index (χ0) is 13.4. The van der Waals surface area contributed by atoms with Gasteiger partial charge in [-0.2, -0.15) is 0 Å². The van der Waals surface area contributed by atoms with Gasteiger partial charge >= 0.3 is 0 Å². The molecule has 18 heavy (non-hydrogen) atoms. The lowest BCUT2D eigenvalue weighted by Gasteiger charge is -2.31. The van der Waals surface area contributed by atoms with Crippen LogP contribution < -0.4 is 0 Å². The Bertz CT molecular complexity index is 204. The van der Waals surface area contributed by atoms with Gasteiger partial charge in [-0.25, -0.2) is 0 Å². The summed E-state index contributed by atoms with van der Waals surface area (Å²) in [5.41, 5.74) is 0. The topological polar surface area (TPSA) is 0 Å². The van der Waals surface area contributed by atoms with Gasteiger partial charge in [-0.05, 0) is 18.3 Å². The van der Waals surface area contributed by atoms with Crippen LogP contribution in [0.4, 0.5) is 0 Å². The van der Waals surface area contributed by atoms with Gasteiger partial charge in [0.2, 0.25) is 0 Å². The smallest absolute Gasteiger partial charge is 0.0654 e. The lowest BCUT2D eigenvalue weighted by molar-refractivity contribution is 0.326. The molecule has 1 aliphatic carbocycles. The summed E-state index contributed by atoms with van der Waals surface area (Å²) in [6.07, 6.45) is 15.4. The first-order valence-corrected chi connectivity index (χ1v) is 10.00. The lowest BCUT2D eigenvalue weighted by atomic mass is 9.88. The van der Waals surface area contributed by atoms with E-state index in [9.17, 15) is 0 Å². The Kier molecular flexibility index (Phi) is 9.12. The van der Waals surface area contributed by atoms with Crippen LogP contribution >= 0.6 is 47.8 Å². The van der Waals surface area contributed by atoms with E-state index in [0.717, 1.165) is 11.8 Å². The van der Waals surface area contributed by atoms with Crippen molar-refractivity contribution in [2.24, 2.45) is 11.8 Å². The summed E-state index contributed by atoms with van der Waals surface area (Å²) >= 11 is 11.3. The third-order valence-electron chi connectivity index (χ3n) is 4.26. The number of hydrogen-bond acceptors (Lipinski definition) is 0. The fraction of sp³-hybridized carbons (Fsp3) is 1.00. The third-order valence-corrected chi connectivity index (χ3v) is 6.02. The maximum Gasteiger partial charge on any atom is 0.138 e. The molecule has 0 bridgehead atoms. The van der Waals surface area contributed by atoms with E-state index in [1.807, 2.05) is 0 Å². The quantitative estimate of drug-likeness (QED) is 0.269. The van der Waals surface area contributed by atoms with Gasteiger partial charge in [-0.3, -0.25) is 0 Å². The van der Waals surface area contributed by atoms with Crippen molar-refractivity contribution >= 4 is 47.8 Å². The van der Waals surface area contributed by atoms with E-state index in [1.165, 1.54) is 70.6 Å². The monoisotopic (exact) mass is 444 g/mol. The zero-order valence-corrected chi connectivity index (χ0v) is 16.3. The van der Waals surface area contributed by atoms with Crippen LogP contribution in [0, 0.1) is 11.8 Å². The minimum absolute atomic E-state index is 0.0363. The van der Waals surface area contributed by atoms with Crippen molar-refractivity contribution in [3.63, 3.8) is 0 Å². The SMILES string of the molecule is CCCCCCCCC(C1CCCC1)C(Br)(Br)Br. The molecule has 0 nitrogen and oxygen atoms in total. The second kappa shape index (κ2) is 9.39. The second-order valence-corrected chi connectivity index (χ2v) is 12.7. The summed E-state index contributed by atoms with van der Waals surface area (Å²) in [5, 5.41) is 0. The van der Waals surface area contributed by atoms with E-state index >= 15 is 0 Å². The molecule has 0 spiro atoms. The molecule has 0 radical (unpaired) electrons. The molecule has 0 aliphatic heterocycles. The number of rotatable bonds is 8. The molecule has 0 heterocycles. The van der Waals surface area contributed by atoms with Crippen LogP contribution in [0.2, 0.25) is 0 Å². The highest BCUT2D eigenvalue weighted by Gasteiger charge is 2.37. The van der Waals surface area contributed by atoms with Crippen molar-refractivity contribution in [2.75, 3.05) is 0 Å². The third kappa shape index (κ3) is 6.74. The van der Waals surface area contributed by atoms with Gasteiger partial charge in [0, 0.05) is 0 Å². The largest absolute Gasteiger partial charge is 0.138 e. The highest BCUT2D eigenvalue weighted by atomic mass is 80.0. The van der Waals surface area contributed by atoms with E-state index in [4.69, 9.17) is 0 Å². The van der Waals surface area contributed by atoms with E-state index < -0.39 is 0 Å². The second-order valence-electron chi connectivity index (χ2n) is 5.75. The Morgan fingerprint density at radius 3 is 2.06 bits per heavy atom. The molecular weight excluding hydrogens is 420 g/mol. The van der Waals surface area contributed by atoms with Gasteiger partial charge in [0.1, 0.15) is 2.14 Å². The van der Waals surface area contributed by atoms with Gasteiger partial charge in [0.25, 0.3) is 0 Å². The standard InChI is InChI=1S/C15H27Br3/c1-2-3-4-5-6-7-12-14(15(16,17)18)13-10-8-9-11-13/h13-14H,2-12H2,1H3. The summed E-state index contributed by atoms with van der Waals surface area (Å²) in [6.45, 7) is 2.28. The van der Waals surface area contributed by atoms with Crippen molar-refractivity contribution < 1.29 is 0 Å². The molecule has 1 saturated carbocycles. The van der Waals surface area contributed by atoms with E-state index in [2.05, 4.69) is 54.7 Å². The molecule has 1 fully saturated rings. The molecule has 0 aromatic carbocycles. The summed E-state index contributed by atoms with van der Waals surface area (Å²) < 4.78 is -0.0363. The van der Waals surface area contributed by atoms with Gasteiger partial charge in [-0.1, -0.05) is 119 Å². The van der Waals surface area contributed by atoms with Gasteiger partial charge in [-0.15, -0.1) is 0 Å². The van der Waals surface area contributed by atoms with Crippen LogP contribution in [-0.2, 0) is 0 Å². The Morgan fingerprint density at radius 2 is 1.50 bits per heavy atom. The highest BCUT2D eigenvalue weighted by molar-refractivity contribution is 9.39. The molecule has 0 saturated heterocycles. The molecule has 1 rings (SSSR count). The molecular formula is C15H27Br3. The summed E-state index contributed by atoms with van der Waals surface area (Å²) in [7, 11) is 0. The average Bonchev–Trinajstić information content (AvgIpc) is 2.79. The van der Waals surface area contributed by atoms with Crippen LogP contribution in [-0.4, -0.2) is 2.14 Å². The first kappa shape index (κ1) is 17.5. The Hall–Kier alpha value is 1.44. The van der Waals surface area contributed by atoms with E-state index in [1.54, 1.807) is 0 Å². The van der Waals surface area contributed by atoms with Gasteiger partial charge in [0.15, 0.2) is 0 Å². The number of halogens is 3. The highest BCUT2D eigenvalue weighted by Crippen LogP contribution is 2.50. The van der Waals surface area contributed by atoms with Crippen molar-refractivity contribution in [2.45, 2.75) is 79.7 Å². The normalized spacial score (nSPS) is 19.3. The van der Waals surface area contributed by atoms with Crippen LogP contribution in [0.25, 0.3) is 0 Å². The summed E-state index contributed by atoms with van der Waals surface area (Å²) in [5.74, 6) is 1.63. The van der Waals surface area contributed by atoms with Crippen molar-refractivity contribution in [3.05, 3.63) is 0 Å². The minimum Gasteiger partial charge on any atom is -0.0654 e. The minimum atomic E-state index is -0.0363. The number of hydrogen-bond donors (Lipinski definition) is 0. The Labute approximate surface area is 138 Å². The molecule has 0 aromatic rings. The molecule has 3 heteroatoms. The molecule has 1 aliphatic rings. The Morgan fingerprint density at radius 1 is 0.944 bits per heavy atom. The van der Waals surface area contributed by atoms with Crippen LogP contribution in [0.3, 0.4) is 0 Å². The lowest BCUT2D eigenvalue weighted by Crippen LogP contribution is -2.25. The number of alkyl halides is 3. The van der Waals surface area contributed by atoms with Gasteiger partial charge in [0.05, 0.1) is 0 Å². The molecule has 0 N–H and O–H groups in total. The first-order valence-electron chi connectivity index (χ1n) is 7.62. The van der Waals surface area contributed by atoms with Crippen molar-refractivity contribution in [1.82, 2.24) is 0 Å². The van der Waals surface area contributed by atoms with Crippen LogP contribution in [0.15, 0.2) is 0 Å². The molecule has 1 atom stereocenters. The molecule has 1 unspecified atom stereocenters. The van der Waals surface area contributed by atoms with E-state index in [0.29, 0.717) is 0 Å². The molecule has 108 valence electrons. The van der Waals surface area contributed by atoms with Crippen LogP contribution in [0.1, 0.15) is 77.6 Å². The van der Waals surface area contributed by atoms with Crippen molar-refractivity contribution in [1.29, 1.82) is 0 Å². The first-order chi connectivity index (χ1) is 8.55. The summed E-state index contributed by atoms with van der Waals surface area (Å²) in [4.78, 5) is 0. The molecule has 0 aromatic heterocycles. The number of unbranched alkanes of at least 4 members (excludes halogenated alkanes) is 5. The predicted octanol–water partition coefficient (Wildman–Crippen LogP) is 7.38. The maximum atomic E-state index is 3.78. The van der Waals surface area contributed by atoms with Gasteiger partial charge < -0.3 is 0 Å². The zero-order valence-electron chi connectivity index (χ0n) is 11.6.